The van der Waals surface area contributed by atoms with Gasteiger partial charge in [-0.1, -0.05) is 30.3 Å². The fraction of sp³-hybridized carbons (Fsp3) is 0.111. The molecule has 5 nitrogen and oxygen atoms in total. The molecule has 2 aromatic heterocycles. The summed E-state index contributed by atoms with van der Waals surface area (Å²) >= 11 is 1.36. The summed E-state index contributed by atoms with van der Waals surface area (Å²) in [5.41, 5.74) is 1.85. The van der Waals surface area contributed by atoms with E-state index in [0.29, 0.717) is 17.2 Å². The molecule has 0 radical (unpaired) electrons. The van der Waals surface area contributed by atoms with Gasteiger partial charge in [0.2, 0.25) is 5.91 Å². The van der Waals surface area contributed by atoms with Crippen LogP contribution < -0.4 is 10.6 Å². The van der Waals surface area contributed by atoms with E-state index in [1.54, 1.807) is 18.4 Å². The van der Waals surface area contributed by atoms with Gasteiger partial charge in [0.25, 0.3) is 5.91 Å². The Labute approximate surface area is 143 Å². The van der Waals surface area contributed by atoms with Crippen LogP contribution in [0.5, 0.6) is 0 Å². The van der Waals surface area contributed by atoms with E-state index >= 15 is 0 Å². The average Bonchev–Trinajstić information content (AvgIpc) is 3.30. The maximum absolute atomic E-state index is 12.3. The van der Waals surface area contributed by atoms with Crippen LogP contribution in [0.3, 0.4) is 0 Å². The van der Waals surface area contributed by atoms with Crippen LogP contribution >= 0.6 is 11.3 Å². The number of nitrogens with one attached hydrogen (secondary N) is 2. The third-order valence-corrected chi connectivity index (χ3v) is 4.32. The third-order valence-electron chi connectivity index (χ3n) is 3.41. The second kappa shape index (κ2) is 7.61. The molecule has 3 aromatic rings. The van der Waals surface area contributed by atoms with Crippen molar-refractivity contribution >= 4 is 23.2 Å². The molecule has 0 saturated heterocycles. The van der Waals surface area contributed by atoms with Crippen LogP contribution in [0.2, 0.25) is 0 Å². The van der Waals surface area contributed by atoms with Crippen molar-refractivity contribution in [2.75, 3.05) is 6.54 Å². The molecular formula is C18H16N2O3S. The molecule has 0 aliphatic carbocycles. The summed E-state index contributed by atoms with van der Waals surface area (Å²) in [6.07, 6.45) is 1.55. The average molecular weight is 340 g/mol. The lowest BCUT2D eigenvalue weighted by molar-refractivity contribution is -0.120. The van der Waals surface area contributed by atoms with Crippen LogP contribution in [0.15, 0.2) is 64.6 Å². The maximum atomic E-state index is 12.3. The Morgan fingerprint density at radius 2 is 1.83 bits per heavy atom. The van der Waals surface area contributed by atoms with Crippen LogP contribution in [0.4, 0.5) is 0 Å². The van der Waals surface area contributed by atoms with Crippen molar-refractivity contribution in [3.05, 3.63) is 70.8 Å². The molecule has 0 unspecified atom stereocenters. The molecule has 0 saturated carbocycles. The van der Waals surface area contributed by atoms with Crippen molar-refractivity contribution in [1.82, 2.24) is 10.6 Å². The topological polar surface area (TPSA) is 71.3 Å². The van der Waals surface area contributed by atoms with E-state index in [0.717, 1.165) is 11.1 Å². The minimum Gasteiger partial charge on any atom is -0.467 e. The van der Waals surface area contributed by atoms with E-state index in [-0.39, 0.29) is 18.4 Å². The van der Waals surface area contributed by atoms with Crippen LogP contribution in [0.25, 0.3) is 11.1 Å². The number of carbonyl (C=O) groups is 2. The van der Waals surface area contributed by atoms with Gasteiger partial charge in [0.1, 0.15) is 5.76 Å². The Morgan fingerprint density at radius 3 is 2.58 bits per heavy atom. The Balaban J connectivity index is 1.56. The normalized spacial score (nSPS) is 10.3. The zero-order valence-corrected chi connectivity index (χ0v) is 13.6. The summed E-state index contributed by atoms with van der Waals surface area (Å²) in [5, 5.41) is 7.21. The number of benzene rings is 1. The second-order valence-electron chi connectivity index (χ2n) is 5.07. The van der Waals surface area contributed by atoms with Gasteiger partial charge in [-0.15, -0.1) is 11.3 Å². The number of hydrogen-bond acceptors (Lipinski definition) is 4. The quantitative estimate of drug-likeness (QED) is 0.724. The Morgan fingerprint density at radius 1 is 1.00 bits per heavy atom. The number of furan rings is 1. The highest BCUT2D eigenvalue weighted by molar-refractivity contribution is 7.12. The first-order valence-electron chi connectivity index (χ1n) is 7.44. The molecule has 6 heteroatoms. The highest BCUT2D eigenvalue weighted by atomic mass is 32.1. The zero-order valence-electron chi connectivity index (χ0n) is 12.8. The largest absolute Gasteiger partial charge is 0.467 e. The summed E-state index contributed by atoms with van der Waals surface area (Å²) in [7, 11) is 0. The molecular weight excluding hydrogens is 324 g/mol. The second-order valence-corrected chi connectivity index (χ2v) is 5.98. The first-order chi connectivity index (χ1) is 11.7. The lowest BCUT2D eigenvalue weighted by Gasteiger charge is -2.07. The van der Waals surface area contributed by atoms with E-state index < -0.39 is 0 Å². The van der Waals surface area contributed by atoms with Crippen LogP contribution in [0, 0.1) is 0 Å². The van der Waals surface area contributed by atoms with Gasteiger partial charge in [-0.3, -0.25) is 9.59 Å². The van der Waals surface area contributed by atoms with Gasteiger partial charge >= 0.3 is 0 Å². The molecule has 122 valence electrons. The van der Waals surface area contributed by atoms with Crippen molar-refractivity contribution in [3.8, 4) is 11.1 Å². The molecule has 3 rings (SSSR count). The van der Waals surface area contributed by atoms with Gasteiger partial charge in [0.15, 0.2) is 0 Å². The number of carbonyl (C=O) groups excluding carboxylic acids is 2. The summed E-state index contributed by atoms with van der Waals surface area (Å²) < 4.78 is 5.13. The summed E-state index contributed by atoms with van der Waals surface area (Å²) in [4.78, 5) is 24.7. The van der Waals surface area contributed by atoms with Crippen molar-refractivity contribution in [2.24, 2.45) is 0 Å². The Hall–Kier alpha value is -2.86. The van der Waals surface area contributed by atoms with Gasteiger partial charge in [-0.05, 0) is 29.1 Å². The van der Waals surface area contributed by atoms with Gasteiger partial charge in [0, 0.05) is 5.56 Å². The summed E-state index contributed by atoms with van der Waals surface area (Å²) in [6, 6.07) is 15.1. The van der Waals surface area contributed by atoms with Crippen LogP contribution in [-0.4, -0.2) is 18.4 Å². The predicted molar refractivity (Wildman–Crippen MR) is 92.6 cm³/mol. The summed E-state index contributed by atoms with van der Waals surface area (Å²) in [5.74, 6) is 0.147. The molecule has 0 bridgehead atoms. The lowest BCUT2D eigenvalue weighted by Crippen LogP contribution is -2.36. The highest BCUT2D eigenvalue weighted by Gasteiger charge is 2.15. The molecule has 0 atom stereocenters. The molecule has 0 spiro atoms. The Kier molecular flexibility index (Phi) is 5.08. The fourth-order valence-corrected chi connectivity index (χ4v) is 3.06. The maximum Gasteiger partial charge on any atom is 0.262 e. The first-order valence-corrected chi connectivity index (χ1v) is 8.32. The highest BCUT2D eigenvalue weighted by Crippen LogP contribution is 2.27. The monoisotopic (exact) mass is 340 g/mol. The number of rotatable bonds is 6. The number of amides is 2. The minimum absolute atomic E-state index is 0.0777. The van der Waals surface area contributed by atoms with E-state index in [4.69, 9.17) is 4.42 Å². The van der Waals surface area contributed by atoms with Crippen molar-refractivity contribution in [2.45, 2.75) is 6.54 Å². The van der Waals surface area contributed by atoms with E-state index in [9.17, 15) is 9.59 Å². The zero-order chi connectivity index (χ0) is 16.8. The van der Waals surface area contributed by atoms with Crippen molar-refractivity contribution in [3.63, 3.8) is 0 Å². The molecule has 24 heavy (non-hydrogen) atoms. The van der Waals surface area contributed by atoms with Gasteiger partial charge < -0.3 is 15.1 Å². The first kappa shape index (κ1) is 16.0. The molecule has 0 aliphatic heterocycles. The standard InChI is InChI=1S/C18H16N2O3S/c21-16(19-11-14-7-4-9-23-14)12-20-18(22)17-15(8-10-24-17)13-5-2-1-3-6-13/h1-10H,11-12H2,(H,19,21)(H,20,22). The minimum atomic E-state index is -0.266. The number of thiophene rings is 1. The van der Waals surface area contributed by atoms with E-state index in [1.165, 1.54) is 11.3 Å². The predicted octanol–water partition coefficient (Wildman–Crippen LogP) is 3.05. The third kappa shape index (κ3) is 3.91. The lowest BCUT2D eigenvalue weighted by atomic mass is 10.1. The smallest absolute Gasteiger partial charge is 0.262 e. The van der Waals surface area contributed by atoms with Gasteiger partial charge in [-0.25, -0.2) is 0 Å². The number of hydrogen-bond donors (Lipinski definition) is 2. The molecule has 0 aliphatic rings. The molecule has 2 heterocycles. The van der Waals surface area contributed by atoms with Crippen LogP contribution in [0.1, 0.15) is 15.4 Å². The van der Waals surface area contributed by atoms with E-state index in [1.807, 2.05) is 41.8 Å². The summed E-state index contributed by atoms with van der Waals surface area (Å²) in [6.45, 7) is 0.224. The SMILES string of the molecule is O=C(CNC(=O)c1sccc1-c1ccccc1)NCc1ccco1. The van der Waals surface area contributed by atoms with Crippen molar-refractivity contribution < 1.29 is 14.0 Å². The van der Waals surface area contributed by atoms with E-state index in [2.05, 4.69) is 10.6 Å². The fourth-order valence-electron chi connectivity index (χ4n) is 2.23. The van der Waals surface area contributed by atoms with Gasteiger partial charge in [-0.2, -0.15) is 0 Å². The molecule has 0 fully saturated rings. The molecule has 2 N–H and O–H groups in total. The van der Waals surface area contributed by atoms with Crippen molar-refractivity contribution in [1.29, 1.82) is 0 Å². The Bertz CT molecular complexity index is 810. The molecule has 2 amide bonds. The van der Waals surface area contributed by atoms with Gasteiger partial charge in [0.05, 0.1) is 24.2 Å². The van der Waals surface area contributed by atoms with Crippen LogP contribution in [-0.2, 0) is 11.3 Å². The molecule has 1 aromatic carbocycles.